The summed E-state index contributed by atoms with van der Waals surface area (Å²) < 4.78 is 5.84. The summed E-state index contributed by atoms with van der Waals surface area (Å²) in [5.74, 6) is -0.0112. The molecule has 172 valence electrons. The van der Waals surface area contributed by atoms with Gasteiger partial charge in [0, 0.05) is 11.3 Å². The van der Waals surface area contributed by atoms with Gasteiger partial charge in [0.25, 0.3) is 5.91 Å². The zero-order valence-corrected chi connectivity index (χ0v) is 19.6. The van der Waals surface area contributed by atoms with Gasteiger partial charge in [-0.25, -0.2) is 4.98 Å². The van der Waals surface area contributed by atoms with Crippen molar-refractivity contribution in [3.05, 3.63) is 102 Å². The van der Waals surface area contributed by atoms with E-state index >= 15 is 0 Å². The van der Waals surface area contributed by atoms with Crippen LogP contribution in [0, 0.1) is 6.92 Å². The third-order valence-corrected chi connectivity index (χ3v) is 5.71. The first-order valence-corrected chi connectivity index (χ1v) is 11.4. The van der Waals surface area contributed by atoms with Crippen molar-refractivity contribution in [2.24, 2.45) is 0 Å². The summed E-state index contributed by atoms with van der Waals surface area (Å²) in [5.41, 5.74) is 5.96. The molecule has 5 aromatic rings. The highest BCUT2D eigenvalue weighted by Crippen LogP contribution is 2.33. The molecule has 0 atom stereocenters. The molecule has 0 saturated carbocycles. The summed E-state index contributed by atoms with van der Waals surface area (Å²) >= 11 is 5.33. The number of phenols is 1. The minimum absolute atomic E-state index is 0.0206. The van der Waals surface area contributed by atoms with Crippen LogP contribution in [0.25, 0.3) is 33.7 Å². The Morgan fingerprint density at radius 2 is 1.66 bits per heavy atom. The zero-order valence-electron chi connectivity index (χ0n) is 18.8. The largest absolute Gasteiger partial charge is 0.507 e. The Morgan fingerprint density at radius 3 is 2.43 bits per heavy atom. The molecular weight excluding hydrogens is 458 g/mol. The molecule has 1 aromatic heterocycles. The number of aromatic nitrogens is 1. The number of hydrogen-bond acceptors (Lipinski definition) is 5. The van der Waals surface area contributed by atoms with Crippen LogP contribution in [-0.2, 0) is 0 Å². The minimum atomic E-state index is -0.324. The van der Waals surface area contributed by atoms with Crippen molar-refractivity contribution in [2.45, 2.75) is 6.92 Å². The second-order valence-electron chi connectivity index (χ2n) is 8.07. The van der Waals surface area contributed by atoms with Crippen molar-refractivity contribution >= 4 is 40.0 Å². The lowest BCUT2D eigenvalue weighted by molar-refractivity contribution is 0.0977. The second-order valence-corrected chi connectivity index (χ2v) is 8.48. The maximum Gasteiger partial charge on any atom is 0.257 e. The van der Waals surface area contributed by atoms with Gasteiger partial charge in [0.05, 0.1) is 5.56 Å². The van der Waals surface area contributed by atoms with Gasteiger partial charge in [-0.2, -0.15) is 0 Å². The first-order chi connectivity index (χ1) is 17.0. The fraction of sp³-hybridized carbons (Fsp3) is 0.0357. The number of anilines is 1. The number of aromatic hydroxyl groups is 1. The maximum atomic E-state index is 12.7. The molecule has 35 heavy (non-hydrogen) atoms. The molecule has 6 nitrogen and oxygen atoms in total. The summed E-state index contributed by atoms with van der Waals surface area (Å²) in [5, 5.41) is 16.2. The highest BCUT2D eigenvalue weighted by Gasteiger charge is 2.15. The lowest BCUT2D eigenvalue weighted by Gasteiger charge is -2.11. The summed E-state index contributed by atoms with van der Waals surface area (Å²) in [4.78, 5) is 17.1. The predicted octanol–water partition coefficient (Wildman–Crippen LogP) is 6.30. The molecule has 0 aliphatic carbocycles. The third kappa shape index (κ3) is 4.90. The van der Waals surface area contributed by atoms with Crippen LogP contribution in [0.2, 0.25) is 0 Å². The standard InChI is InChI=1S/C28H21N3O3S/c1-17-7-13-23-25(15-17)34-27(30-23)22-16-21(12-14-24(22)32)29-28(35)31-26(33)20-10-8-19(9-11-20)18-5-3-2-4-6-18/h2-16,32H,1H3,(H2,29,31,33,35). The Balaban J connectivity index is 1.28. The van der Waals surface area contributed by atoms with E-state index in [9.17, 15) is 9.90 Å². The van der Waals surface area contributed by atoms with Crippen LogP contribution < -0.4 is 10.6 Å². The summed E-state index contributed by atoms with van der Waals surface area (Å²) in [7, 11) is 0. The Morgan fingerprint density at radius 1 is 0.914 bits per heavy atom. The molecule has 0 aliphatic rings. The van der Waals surface area contributed by atoms with Gasteiger partial charge in [-0.3, -0.25) is 10.1 Å². The number of amides is 1. The summed E-state index contributed by atoms with van der Waals surface area (Å²) in [6.07, 6.45) is 0. The number of benzene rings is 4. The third-order valence-electron chi connectivity index (χ3n) is 5.51. The van der Waals surface area contributed by atoms with Crippen LogP contribution >= 0.6 is 12.2 Å². The molecule has 5 rings (SSSR count). The van der Waals surface area contributed by atoms with E-state index in [0.29, 0.717) is 33.8 Å². The molecule has 0 bridgehead atoms. The van der Waals surface area contributed by atoms with Crippen LogP contribution in [0.5, 0.6) is 5.75 Å². The Labute approximate surface area is 207 Å². The number of phenolic OH excluding ortho intramolecular Hbond substituents is 1. The Hall–Kier alpha value is -4.49. The number of aryl methyl sites for hydroxylation is 1. The van der Waals surface area contributed by atoms with Crippen molar-refractivity contribution in [2.75, 3.05) is 5.32 Å². The molecule has 3 N–H and O–H groups in total. The van der Waals surface area contributed by atoms with E-state index < -0.39 is 0 Å². The number of fused-ring (bicyclic) bond motifs is 1. The fourth-order valence-electron chi connectivity index (χ4n) is 3.71. The number of oxazole rings is 1. The van der Waals surface area contributed by atoms with Crippen LogP contribution in [0.1, 0.15) is 15.9 Å². The number of thiocarbonyl (C=S) groups is 1. The van der Waals surface area contributed by atoms with Gasteiger partial charge >= 0.3 is 0 Å². The Kier molecular flexibility index (Phi) is 5.99. The molecule has 1 heterocycles. The summed E-state index contributed by atoms with van der Waals surface area (Å²) in [6, 6.07) is 27.8. The topological polar surface area (TPSA) is 87.4 Å². The van der Waals surface area contributed by atoms with Gasteiger partial charge in [-0.05, 0) is 78.3 Å². The van der Waals surface area contributed by atoms with Crippen molar-refractivity contribution in [3.63, 3.8) is 0 Å². The molecule has 0 fully saturated rings. The van der Waals surface area contributed by atoms with E-state index in [2.05, 4.69) is 15.6 Å². The Bertz CT molecular complexity index is 1540. The monoisotopic (exact) mass is 479 g/mol. The van der Waals surface area contributed by atoms with Gasteiger partial charge in [0.15, 0.2) is 10.7 Å². The van der Waals surface area contributed by atoms with Gasteiger partial charge in [0.1, 0.15) is 11.3 Å². The number of nitrogens with one attached hydrogen (secondary N) is 2. The predicted molar refractivity (Wildman–Crippen MR) is 141 cm³/mol. The average molecular weight is 480 g/mol. The van der Waals surface area contributed by atoms with Crippen molar-refractivity contribution < 1.29 is 14.3 Å². The number of rotatable bonds is 4. The second kappa shape index (κ2) is 9.40. The van der Waals surface area contributed by atoms with E-state index in [1.54, 1.807) is 24.3 Å². The number of nitrogens with zero attached hydrogens (tertiary/aromatic N) is 1. The molecule has 0 aliphatic heterocycles. The molecule has 0 radical (unpaired) electrons. The van der Waals surface area contributed by atoms with Gasteiger partial charge in [-0.1, -0.05) is 48.5 Å². The van der Waals surface area contributed by atoms with Crippen LogP contribution in [-0.4, -0.2) is 21.1 Å². The number of carbonyl (C=O) groups excluding carboxylic acids is 1. The first-order valence-electron chi connectivity index (χ1n) is 10.9. The van der Waals surface area contributed by atoms with E-state index in [-0.39, 0.29) is 16.8 Å². The highest BCUT2D eigenvalue weighted by atomic mass is 32.1. The molecule has 0 unspecified atom stereocenters. The van der Waals surface area contributed by atoms with Gasteiger partial charge in [0.2, 0.25) is 5.89 Å². The quantitative estimate of drug-likeness (QED) is 0.207. The molecule has 0 saturated heterocycles. The van der Waals surface area contributed by atoms with Crippen LogP contribution in [0.3, 0.4) is 0 Å². The normalized spacial score (nSPS) is 10.8. The lowest BCUT2D eigenvalue weighted by atomic mass is 10.0. The van der Waals surface area contributed by atoms with E-state index in [0.717, 1.165) is 16.7 Å². The number of hydrogen-bond donors (Lipinski definition) is 3. The van der Waals surface area contributed by atoms with Gasteiger partial charge < -0.3 is 14.8 Å². The van der Waals surface area contributed by atoms with Crippen molar-refractivity contribution in [1.29, 1.82) is 0 Å². The van der Waals surface area contributed by atoms with E-state index in [4.69, 9.17) is 16.6 Å². The van der Waals surface area contributed by atoms with Gasteiger partial charge in [-0.15, -0.1) is 0 Å². The molecule has 0 spiro atoms. The fourth-order valence-corrected chi connectivity index (χ4v) is 3.92. The van der Waals surface area contributed by atoms with Crippen molar-refractivity contribution in [1.82, 2.24) is 10.3 Å². The highest BCUT2D eigenvalue weighted by molar-refractivity contribution is 7.80. The van der Waals surface area contributed by atoms with E-state index in [1.807, 2.05) is 67.6 Å². The maximum absolute atomic E-state index is 12.7. The minimum Gasteiger partial charge on any atom is -0.507 e. The molecule has 7 heteroatoms. The molecular formula is C28H21N3O3S. The lowest BCUT2D eigenvalue weighted by Crippen LogP contribution is -2.34. The van der Waals surface area contributed by atoms with Crippen molar-refractivity contribution in [3.8, 4) is 28.3 Å². The SMILES string of the molecule is Cc1ccc2nc(-c3cc(NC(=S)NC(=O)c4ccc(-c5ccccc5)cc4)ccc3O)oc2c1. The molecule has 1 amide bonds. The number of carbonyl (C=O) groups is 1. The summed E-state index contributed by atoms with van der Waals surface area (Å²) in [6.45, 7) is 1.97. The molecule has 4 aromatic carbocycles. The van der Waals surface area contributed by atoms with Crippen LogP contribution in [0.15, 0.2) is 95.4 Å². The smallest absolute Gasteiger partial charge is 0.257 e. The average Bonchev–Trinajstić information content (AvgIpc) is 3.28. The first kappa shape index (κ1) is 22.3. The zero-order chi connectivity index (χ0) is 24.4. The van der Waals surface area contributed by atoms with E-state index in [1.165, 1.54) is 6.07 Å². The van der Waals surface area contributed by atoms with Crippen LogP contribution in [0.4, 0.5) is 5.69 Å².